The molecule has 1 unspecified atom stereocenters. The number of anilines is 1. The second kappa shape index (κ2) is 8.68. The molecule has 0 spiro atoms. The molecule has 3 aromatic heterocycles. The van der Waals surface area contributed by atoms with Crippen molar-refractivity contribution in [2.75, 3.05) is 11.4 Å². The van der Waals surface area contributed by atoms with Crippen LogP contribution in [-0.4, -0.2) is 43.2 Å². The van der Waals surface area contributed by atoms with Gasteiger partial charge in [-0.3, -0.25) is 9.69 Å². The van der Waals surface area contributed by atoms with Crippen LogP contribution in [0.5, 0.6) is 0 Å². The highest BCUT2D eigenvalue weighted by molar-refractivity contribution is 5.94. The monoisotopic (exact) mass is 504 g/mol. The largest absolute Gasteiger partial charge is 0.410 e. The quantitative estimate of drug-likeness (QED) is 0.350. The molecular weight excluding hydrogens is 483 g/mol. The fourth-order valence-corrected chi connectivity index (χ4v) is 4.62. The van der Waals surface area contributed by atoms with Crippen molar-refractivity contribution in [1.29, 1.82) is 0 Å². The summed E-state index contributed by atoms with van der Waals surface area (Å²) in [5.74, 6) is -0.517. The van der Waals surface area contributed by atoms with Crippen molar-refractivity contribution < 1.29 is 26.7 Å². The van der Waals surface area contributed by atoms with E-state index >= 15 is 0 Å². The Hall–Kier alpha value is -3.83. The number of halogens is 5. The Morgan fingerprint density at radius 1 is 1.11 bits per heavy atom. The number of hydrogen-bond acceptors (Lipinski definition) is 4. The summed E-state index contributed by atoms with van der Waals surface area (Å²) in [5.41, 5.74) is 1.38. The number of hydrogen-bond donors (Lipinski definition) is 0. The summed E-state index contributed by atoms with van der Waals surface area (Å²) < 4.78 is 70.6. The van der Waals surface area contributed by atoms with Gasteiger partial charge in [-0.15, -0.1) is 0 Å². The van der Waals surface area contributed by atoms with E-state index in [4.69, 9.17) is 0 Å². The minimum Gasteiger partial charge on any atom is -0.295 e. The maximum Gasteiger partial charge on any atom is 0.410 e. The molecule has 0 bridgehead atoms. The zero-order valence-electron chi connectivity index (χ0n) is 19.3. The highest BCUT2D eigenvalue weighted by Gasteiger charge is 2.46. The summed E-state index contributed by atoms with van der Waals surface area (Å²) in [6.45, 7) is 2.54. The van der Waals surface area contributed by atoms with Gasteiger partial charge >= 0.3 is 6.18 Å². The van der Waals surface area contributed by atoms with E-state index < -0.39 is 24.6 Å². The Labute approximate surface area is 202 Å². The number of aryl methyl sites for hydroxylation is 2. The van der Waals surface area contributed by atoms with E-state index in [-0.39, 0.29) is 47.6 Å². The molecule has 0 saturated carbocycles. The number of nitrogens with zero attached hydrogens (tertiary/aromatic N) is 6. The summed E-state index contributed by atoms with van der Waals surface area (Å²) in [6.07, 6.45) is -7.67. The smallest absolute Gasteiger partial charge is 0.295 e. The van der Waals surface area contributed by atoms with Gasteiger partial charge in [-0.1, -0.05) is 30.3 Å². The van der Waals surface area contributed by atoms with E-state index in [9.17, 15) is 26.7 Å². The van der Waals surface area contributed by atoms with Crippen molar-refractivity contribution in [2.24, 2.45) is 0 Å². The van der Waals surface area contributed by atoms with E-state index in [0.717, 1.165) is 4.68 Å². The molecule has 1 aliphatic rings. The van der Waals surface area contributed by atoms with E-state index in [1.165, 1.54) is 21.7 Å². The van der Waals surface area contributed by atoms with Gasteiger partial charge in [0.25, 0.3) is 6.43 Å². The van der Waals surface area contributed by atoms with Gasteiger partial charge < -0.3 is 0 Å². The Balaban J connectivity index is 1.55. The molecule has 36 heavy (non-hydrogen) atoms. The number of benzene rings is 1. The Morgan fingerprint density at radius 3 is 2.50 bits per heavy atom. The van der Waals surface area contributed by atoms with Crippen LogP contribution in [-0.2, 0) is 11.3 Å². The molecule has 4 aromatic rings. The van der Waals surface area contributed by atoms with Gasteiger partial charge in [-0.2, -0.15) is 23.4 Å². The predicted molar refractivity (Wildman–Crippen MR) is 122 cm³/mol. The third-order valence-corrected chi connectivity index (χ3v) is 6.21. The topological polar surface area (TPSA) is 68.8 Å². The molecule has 1 aromatic carbocycles. The molecule has 0 saturated heterocycles. The Morgan fingerprint density at radius 2 is 1.83 bits per heavy atom. The average molecular weight is 504 g/mol. The number of carbonyl (C=O) groups is 1. The fourth-order valence-electron chi connectivity index (χ4n) is 4.62. The van der Waals surface area contributed by atoms with Crippen LogP contribution < -0.4 is 4.90 Å². The Bertz CT molecular complexity index is 1440. The normalized spacial score (nSPS) is 16.1. The average Bonchev–Trinajstić information content (AvgIpc) is 3.36. The second-order valence-corrected chi connectivity index (χ2v) is 8.69. The van der Waals surface area contributed by atoms with Crippen molar-refractivity contribution in [3.63, 3.8) is 0 Å². The summed E-state index contributed by atoms with van der Waals surface area (Å²) in [7, 11) is 0. The van der Waals surface area contributed by atoms with Crippen molar-refractivity contribution in [3.05, 3.63) is 59.4 Å². The predicted octanol–water partition coefficient (Wildman–Crippen LogP) is 5.39. The number of rotatable bonds is 4. The zero-order valence-corrected chi connectivity index (χ0v) is 19.3. The molecule has 0 aliphatic carbocycles. The number of fused-ring (bicyclic) bond motifs is 2. The Kier molecular flexibility index (Phi) is 5.76. The van der Waals surface area contributed by atoms with Gasteiger partial charge in [0.1, 0.15) is 12.4 Å². The first-order valence-electron chi connectivity index (χ1n) is 11.2. The third kappa shape index (κ3) is 4.10. The number of alkyl halides is 5. The van der Waals surface area contributed by atoms with Crippen molar-refractivity contribution in [2.45, 2.75) is 45.5 Å². The first-order chi connectivity index (χ1) is 17.0. The lowest BCUT2D eigenvalue weighted by molar-refractivity contribution is -0.173. The van der Waals surface area contributed by atoms with Crippen LogP contribution in [0.4, 0.5) is 27.8 Å². The summed E-state index contributed by atoms with van der Waals surface area (Å²) in [4.78, 5) is 19.0. The van der Waals surface area contributed by atoms with Crippen molar-refractivity contribution in [1.82, 2.24) is 24.5 Å². The molecule has 0 radical (unpaired) electrons. The highest BCUT2D eigenvalue weighted by atomic mass is 19.4. The zero-order chi connectivity index (χ0) is 25.8. The molecule has 0 N–H and O–H groups in total. The summed E-state index contributed by atoms with van der Waals surface area (Å²) in [5, 5.41) is 8.39. The van der Waals surface area contributed by atoms with Crippen LogP contribution in [0.15, 0.2) is 42.5 Å². The fraction of sp³-hybridized carbons (Fsp3) is 0.333. The summed E-state index contributed by atoms with van der Waals surface area (Å²) in [6, 6.07) is 9.66. The van der Waals surface area contributed by atoms with Gasteiger partial charge in [-0.25, -0.2) is 23.1 Å². The van der Waals surface area contributed by atoms with Gasteiger partial charge in [0.05, 0.1) is 22.5 Å². The molecule has 7 nitrogen and oxygen atoms in total. The first-order valence-corrected chi connectivity index (χ1v) is 11.2. The molecule has 188 valence electrons. The number of amides is 1. The molecular formula is C24H21F5N6O. The van der Waals surface area contributed by atoms with Gasteiger partial charge in [0.15, 0.2) is 11.7 Å². The van der Waals surface area contributed by atoms with Crippen LogP contribution in [0.25, 0.3) is 22.3 Å². The molecule has 12 heteroatoms. The molecule has 0 fully saturated rings. The maximum atomic E-state index is 14.0. The first kappa shape index (κ1) is 23.9. The lowest BCUT2D eigenvalue weighted by Crippen LogP contribution is -2.44. The van der Waals surface area contributed by atoms with E-state index in [1.54, 1.807) is 44.2 Å². The molecule has 4 heterocycles. The van der Waals surface area contributed by atoms with Crippen LogP contribution in [0.2, 0.25) is 0 Å². The standard InChI is InChI=1S/C24H21F5N6O/c1-13-10-19-33(9-8-18(24(27,28)29)35(19)31-13)20(36)12-34-23-21(14(2)32-34)16(22(25)26)11-17(30-23)15-6-4-3-5-7-15/h3-7,10-11,18,22H,8-9,12H2,1-2H3. The van der Waals surface area contributed by atoms with Gasteiger partial charge in [0, 0.05) is 23.7 Å². The van der Waals surface area contributed by atoms with Gasteiger partial charge in [-0.05, 0) is 26.3 Å². The van der Waals surface area contributed by atoms with Crippen molar-refractivity contribution in [3.8, 4) is 11.3 Å². The minimum absolute atomic E-state index is 0.0328. The lowest BCUT2D eigenvalue weighted by atomic mass is 10.1. The third-order valence-electron chi connectivity index (χ3n) is 6.21. The van der Waals surface area contributed by atoms with Crippen LogP contribution in [0, 0.1) is 13.8 Å². The minimum atomic E-state index is -4.51. The maximum absolute atomic E-state index is 14.0. The molecule has 1 aliphatic heterocycles. The SMILES string of the molecule is Cc1cc2n(n1)C(C(F)(F)F)CCN2C(=O)Cn1nc(C)c2c(C(F)F)cc(-c3ccccc3)nc21. The number of aromatic nitrogens is 5. The lowest BCUT2D eigenvalue weighted by Gasteiger charge is -2.33. The van der Waals surface area contributed by atoms with E-state index in [2.05, 4.69) is 15.2 Å². The van der Waals surface area contributed by atoms with Crippen LogP contribution in [0.3, 0.4) is 0 Å². The highest BCUT2D eigenvalue weighted by Crippen LogP contribution is 2.40. The summed E-state index contributed by atoms with van der Waals surface area (Å²) >= 11 is 0. The number of carbonyl (C=O) groups excluding carboxylic acids is 1. The van der Waals surface area contributed by atoms with Crippen molar-refractivity contribution >= 4 is 22.8 Å². The van der Waals surface area contributed by atoms with Crippen LogP contribution >= 0.6 is 0 Å². The second-order valence-electron chi connectivity index (χ2n) is 8.69. The van der Waals surface area contributed by atoms with Crippen LogP contribution in [0.1, 0.15) is 35.8 Å². The van der Waals surface area contributed by atoms with E-state index in [0.29, 0.717) is 17.0 Å². The number of pyridine rings is 1. The van der Waals surface area contributed by atoms with E-state index in [1.807, 2.05) is 0 Å². The molecule has 1 amide bonds. The molecule has 5 rings (SSSR count). The molecule has 1 atom stereocenters. The van der Waals surface area contributed by atoms with Gasteiger partial charge in [0.2, 0.25) is 5.91 Å².